The predicted molar refractivity (Wildman–Crippen MR) is 74.1 cm³/mol. The molecule has 3 N–H and O–H groups in total. The Morgan fingerprint density at radius 3 is 2.55 bits per heavy atom. The van der Waals surface area contributed by atoms with Crippen LogP contribution in [0.1, 0.15) is 31.2 Å². The maximum absolute atomic E-state index is 11.7. The highest BCUT2D eigenvalue weighted by molar-refractivity contribution is 5.67. The molecule has 0 spiro atoms. The van der Waals surface area contributed by atoms with Crippen molar-refractivity contribution < 1.29 is 19.7 Å². The smallest absolute Gasteiger partial charge is 0.407 e. The lowest BCUT2D eigenvalue weighted by molar-refractivity contribution is -0.0472. The molecule has 1 aromatic rings. The summed E-state index contributed by atoms with van der Waals surface area (Å²) in [6, 6.07) is 9.50. The zero-order valence-corrected chi connectivity index (χ0v) is 11.4. The molecule has 0 radical (unpaired) electrons. The molecule has 20 heavy (non-hydrogen) atoms. The van der Waals surface area contributed by atoms with E-state index >= 15 is 0 Å². The third-order valence-electron chi connectivity index (χ3n) is 3.75. The summed E-state index contributed by atoms with van der Waals surface area (Å²) in [5, 5.41) is 21.8. The van der Waals surface area contributed by atoms with Gasteiger partial charge in [0.15, 0.2) is 0 Å². The number of carbonyl (C=O) groups is 1. The number of aliphatic hydroxyl groups excluding tert-OH is 1. The van der Waals surface area contributed by atoms with Gasteiger partial charge < -0.3 is 20.3 Å². The second kappa shape index (κ2) is 6.72. The van der Waals surface area contributed by atoms with Gasteiger partial charge in [-0.25, -0.2) is 4.79 Å². The largest absolute Gasteiger partial charge is 0.445 e. The summed E-state index contributed by atoms with van der Waals surface area (Å²) in [4.78, 5) is 11.7. The van der Waals surface area contributed by atoms with Crippen LogP contribution in [-0.4, -0.2) is 34.6 Å². The normalized spacial score (nSPS) is 26.0. The number of alkyl carbamates (subject to hydrolysis) is 1. The molecular weight excluding hydrogens is 258 g/mol. The van der Waals surface area contributed by atoms with Crippen LogP contribution in [0.2, 0.25) is 0 Å². The van der Waals surface area contributed by atoms with E-state index in [9.17, 15) is 9.90 Å². The molecule has 1 aliphatic rings. The van der Waals surface area contributed by atoms with Crippen molar-refractivity contribution in [2.24, 2.45) is 0 Å². The minimum atomic E-state index is -0.980. The predicted octanol–water partition coefficient (Wildman–Crippen LogP) is 1.58. The SMILES string of the molecule is O=C(NC1CCC(O)(CO)CC1)OCc1ccccc1. The van der Waals surface area contributed by atoms with Crippen molar-refractivity contribution in [3.05, 3.63) is 35.9 Å². The number of nitrogens with one attached hydrogen (secondary N) is 1. The standard InChI is InChI=1S/C15H21NO4/c17-11-15(19)8-6-13(7-9-15)16-14(18)20-10-12-4-2-1-3-5-12/h1-5,13,17,19H,6-11H2,(H,16,18). The Kier molecular flexibility index (Phi) is 4.98. The molecule has 0 unspecified atom stereocenters. The summed E-state index contributed by atoms with van der Waals surface area (Å²) in [6.07, 6.45) is 1.85. The Hall–Kier alpha value is -1.59. The highest BCUT2D eigenvalue weighted by atomic mass is 16.5. The van der Waals surface area contributed by atoms with Gasteiger partial charge in [0.1, 0.15) is 6.61 Å². The van der Waals surface area contributed by atoms with Gasteiger partial charge >= 0.3 is 6.09 Å². The molecule has 0 saturated heterocycles. The van der Waals surface area contributed by atoms with E-state index in [1.165, 1.54) is 0 Å². The summed E-state index contributed by atoms with van der Waals surface area (Å²) < 4.78 is 5.15. The molecule has 0 aliphatic heterocycles. The fourth-order valence-electron chi connectivity index (χ4n) is 2.39. The fraction of sp³-hybridized carbons (Fsp3) is 0.533. The number of ether oxygens (including phenoxy) is 1. The first-order chi connectivity index (χ1) is 9.61. The quantitative estimate of drug-likeness (QED) is 0.782. The number of aliphatic hydroxyl groups is 2. The zero-order valence-electron chi connectivity index (χ0n) is 11.4. The van der Waals surface area contributed by atoms with Gasteiger partial charge in [-0.15, -0.1) is 0 Å². The Labute approximate surface area is 118 Å². The van der Waals surface area contributed by atoms with Crippen LogP contribution in [0.5, 0.6) is 0 Å². The number of rotatable bonds is 4. The van der Waals surface area contributed by atoms with Crippen LogP contribution in [0, 0.1) is 0 Å². The highest BCUT2D eigenvalue weighted by Gasteiger charge is 2.33. The summed E-state index contributed by atoms with van der Waals surface area (Å²) in [6.45, 7) is 0.0259. The van der Waals surface area contributed by atoms with Crippen LogP contribution in [-0.2, 0) is 11.3 Å². The average Bonchev–Trinajstić information content (AvgIpc) is 2.49. The molecule has 1 aliphatic carbocycles. The first-order valence-electron chi connectivity index (χ1n) is 6.92. The maximum atomic E-state index is 11.7. The Morgan fingerprint density at radius 2 is 1.95 bits per heavy atom. The van der Waals surface area contributed by atoms with Crippen LogP contribution in [0.25, 0.3) is 0 Å². The number of hydrogen-bond donors (Lipinski definition) is 3. The Morgan fingerprint density at radius 1 is 1.30 bits per heavy atom. The number of amides is 1. The molecule has 5 heteroatoms. The average molecular weight is 279 g/mol. The minimum Gasteiger partial charge on any atom is -0.445 e. The first-order valence-corrected chi connectivity index (χ1v) is 6.92. The van der Waals surface area contributed by atoms with Gasteiger partial charge in [-0.05, 0) is 31.2 Å². The summed E-state index contributed by atoms with van der Waals surface area (Å²) in [5.41, 5.74) is -0.0347. The molecule has 1 saturated carbocycles. The lowest BCUT2D eigenvalue weighted by atomic mass is 9.83. The van der Waals surface area contributed by atoms with Gasteiger partial charge in [-0.2, -0.15) is 0 Å². The third-order valence-corrected chi connectivity index (χ3v) is 3.75. The van der Waals surface area contributed by atoms with E-state index in [0.29, 0.717) is 25.7 Å². The van der Waals surface area contributed by atoms with Gasteiger partial charge in [0.2, 0.25) is 0 Å². The van der Waals surface area contributed by atoms with Crippen LogP contribution < -0.4 is 5.32 Å². The van der Waals surface area contributed by atoms with E-state index in [4.69, 9.17) is 9.84 Å². The molecule has 0 bridgehead atoms. The lowest BCUT2D eigenvalue weighted by Crippen LogP contribution is -2.45. The summed E-state index contributed by atoms with van der Waals surface area (Å²) >= 11 is 0. The van der Waals surface area contributed by atoms with Crippen LogP contribution in [0.3, 0.4) is 0 Å². The van der Waals surface area contributed by atoms with Crippen molar-refractivity contribution >= 4 is 6.09 Å². The molecule has 1 amide bonds. The molecule has 1 fully saturated rings. The van der Waals surface area contributed by atoms with Crippen molar-refractivity contribution in [1.82, 2.24) is 5.32 Å². The molecule has 1 aromatic carbocycles. The summed E-state index contributed by atoms with van der Waals surface area (Å²) in [7, 11) is 0. The van der Waals surface area contributed by atoms with Crippen molar-refractivity contribution in [3.8, 4) is 0 Å². The Balaban J connectivity index is 1.70. The lowest BCUT2D eigenvalue weighted by Gasteiger charge is -2.34. The number of benzene rings is 1. The second-order valence-corrected chi connectivity index (χ2v) is 5.36. The van der Waals surface area contributed by atoms with Crippen LogP contribution in [0.4, 0.5) is 4.79 Å². The number of hydrogen-bond acceptors (Lipinski definition) is 4. The van der Waals surface area contributed by atoms with E-state index in [2.05, 4.69) is 5.32 Å². The van der Waals surface area contributed by atoms with Crippen molar-refractivity contribution in [1.29, 1.82) is 0 Å². The van der Waals surface area contributed by atoms with Crippen LogP contribution >= 0.6 is 0 Å². The van der Waals surface area contributed by atoms with E-state index in [-0.39, 0.29) is 19.3 Å². The molecule has 0 aromatic heterocycles. The Bertz CT molecular complexity index is 427. The molecule has 0 atom stereocenters. The molecule has 0 heterocycles. The fourth-order valence-corrected chi connectivity index (χ4v) is 2.39. The molecule has 2 rings (SSSR count). The topological polar surface area (TPSA) is 78.8 Å². The zero-order chi connectivity index (χ0) is 14.4. The van der Waals surface area contributed by atoms with E-state index < -0.39 is 11.7 Å². The van der Waals surface area contributed by atoms with Crippen molar-refractivity contribution in [3.63, 3.8) is 0 Å². The second-order valence-electron chi connectivity index (χ2n) is 5.36. The monoisotopic (exact) mass is 279 g/mol. The molecule has 110 valence electrons. The van der Waals surface area contributed by atoms with E-state index in [1.807, 2.05) is 30.3 Å². The first kappa shape index (κ1) is 14.8. The maximum Gasteiger partial charge on any atom is 0.407 e. The van der Waals surface area contributed by atoms with Crippen molar-refractivity contribution in [2.75, 3.05) is 6.61 Å². The van der Waals surface area contributed by atoms with E-state index in [1.54, 1.807) is 0 Å². The van der Waals surface area contributed by atoms with Crippen molar-refractivity contribution in [2.45, 2.75) is 43.9 Å². The highest BCUT2D eigenvalue weighted by Crippen LogP contribution is 2.27. The van der Waals surface area contributed by atoms with Gasteiger partial charge in [-0.3, -0.25) is 0 Å². The third kappa shape index (κ3) is 4.21. The van der Waals surface area contributed by atoms with Crippen LogP contribution in [0.15, 0.2) is 30.3 Å². The van der Waals surface area contributed by atoms with E-state index in [0.717, 1.165) is 5.56 Å². The van der Waals surface area contributed by atoms with Gasteiger partial charge in [0.05, 0.1) is 12.2 Å². The van der Waals surface area contributed by atoms with Gasteiger partial charge in [0, 0.05) is 6.04 Å². The number of carbonyl (C=O) groups excluding carboxylic acids is 1. The summed E-state index contributed by atoms with van der Waals surface area (Å²) in [5.74, 6) is 0. The molecular formula is C15H21NO4. The van der Waals surface area contributed by atoms with Gasteiger partial charge in [-0.1, -0.05) is 30.3 Å². The molecule has 5 nitrogen and oxygen atoms in total. The van der Waals surface area contributed by atoms with Gasteiger partial charge in [0.25, 0.3) is 0 Å². The minimum absolute atomic E-state index is 0.00472.